The maximum atomic E-state index is 12.6. The summed E-state index contributed by atoms with van der Waals surface area (Å²) in [6, 6.07) is 15.0. The molecule has 0 aliphatic rings. The molecule has 0 aliphatic carbocycles. The van der Waals surface area contributed by atoms with Gasteiger partial charge in [0, 0.05) is 40.2 Å². The van der Waals surface area contributed by atoms with Crippen molar-refractivity contribution in [3.05, 3.63) is 77.9 Å². The second-order valence-electron chi connectivity index (χ2n) is 6.24. The predicted molar refractivity (Wildman–Crippen MR) is 103 cm³/mol. The smallest absolute Gasteiger partial charge is 0.274 e. The van der Waals surface area contributed by atoms with Crippen molar-refractivity contribution in [2.24, 2.45) is 0 Å². The fourth-order valence-corrected chi connectivity index (χ4v) is 2.97. The van der Waals surface area contributed by atoms with Crippen LogP contribution < -0.4 is 5.32 Å². The fourth-order valence-electron chi connectivity index (χ4n) is 2.97. The summed E-state index contributed by atoms with van der Waals surface area (Å²) in [5.74, 6) is -0.236. The van der Waals surface area contributed by atoms with Gasteiger partial charge in [0.25, 0.3) is 5.91 Å². The van der Waals surface area contributed by atoms with Gasteiger partial charge in [-0.05, 0) is 61.9 Å². The Kier molecular flexibility index (Phi) is 3.97. The third-order valence-corrected chi connectivity index (χ3v) is 4.51. The predicted octanol–water partition coefficient (Wildman–Crippen LogP) is 4.49. The maximum absolute atomic E-state index is 12.6. The Balaban J connectivity index is 1.61. The average Bonchev–Trinajstić information content (AvgIpc) is 2.96. The number of carbonyl (C=O) groups excluding carboxylic acids is 1. The van der Waals surface area contributed by atoms with E-state index in [0.29, 0.717) is 5.69 Å². The highest BCUT2D eigenvalue weighted by Crippen LogP contribution is 2.25. The molecule has 0 fully saturated rings. The maximum Gasteiger partial charge on any atom is 0.274 e. The highest BCUT2D eigenvalue weighted by atomic mass is 16.1. The van der Waals surface area contributed by atoms with Crippen molar-refractivity contribution >= 4 is 22.5 Å². The molecule has 0 saturated heterocycles. The van der Waals surface area contributed by atoms with Crippen LogP contribution in [-0.4, -0.2) is 20.9 Å². The first-order chi connectivity index (χ1) is 12.6. The number of fused-ring (bicyclic) bond motifs is 1. The molecule has 0 atom stereocenters. The molecular formula is C21H18N4O. The summed E-state index contributed by atoms with van der Waals surface area (Å²) in [7, 11) is 0. The van der Waals surface area contributed by atoms with Gasteiger partial charge in [-0.15, -0.1) is 0 Å². The van der Waals surface area contributed by atoms with E-state index in [9.17, 15) is 4.79 Å². The summed E-state index contributed by atoms with van der Waals surface area (Å²) in [4.78, 5) is 24.5. The number of H-pyrrole nitrogens is 1. The van der Waals surface area contributed by atoms with E-state index in [-0.39, 0.29) is 5.91 Å². The summed E-state index contributed by atoms with van der Waals surface area (Å²) in [6.45, 7) is 4.11. The molecular weight excluding hydrogens is 324 g/mol. The van der Waals surface area contributed by atoms with Gasteiger partial charge in [-0.2, -0.15) is 0 Å². The lowest BCUT2D eigenvalue weighted by Gasteiger charge is -2.07. The van der Waals surface area contributed by atoms with Gasteiger partial charge >= 0.3 is 0 Å². The number of aryl methyl sites for hydroxylation is 2. The average molecular weight is 342 g/mol. The molecule has 1 aromatic carbocycles. The topological polar surface area (TPSA) is 70.7 Å². The molecule has 0 radical (unpaired) electrons. The Labute approximate surface area is 151 Å². The highest BCUT2D eigenvalue weighted by molar-refractivity contribution is 6.04. The van der Waals surface area contributed by atoms with Gasteiger partial charge in [0.15, 0.2) is 0 Å². The Morgan fingerprint density at radius 2 is 1.96 bits per heavy atom. The van der Waals surface area contributed by atoms with E-state index in [1.807, 2.05) is 49.4 Å². The van der Waals surface area contributed by atoms with E-state index in [1.165, 1.54) is 5.56 Å². The Morgan fingerprint density at radius 3 is 2.77 bits per heavy atom. The molecule has 5 nitrogen and oxygen atoms in total. The standard InChI is InChI=1S/C21H18N4O/c1-13-14(2)23-19-9-8-16(11-17(13)19)24-21(26)20-7-3-6-18(25-20)15-5-4-10-22-12-15/h3-12,23H,1-2H3,(H,24,26). The first-order valence-electron chi connectivity index (χ1n) is 8.39. The van der Waals surface area contributed by atoms with Crippen molar-refractivity contribution in [1.82, 2.24) is 15.0 Å². The molecule has 0 aliphatic heterocycles. The van der Waals surface area contributed by atoms with E-state index in [0.717, 1.165) is 33.5 Å². The van der Waals surface area contributed by atoms with Crippen molar-refractivity contribution in [3.63, 3.8) is 0 Å². The van der Waals surface area contributed by atoms with Crippen LogP contribution >= 0.6 is 0 Å². The first-order valence-corrected chi connectivity index (χ1v) is 8.39. The lowest BCUT2D eigenvalue weighted by Crippen LogP contribution is -2.13. The molecule has 3 heterocycles. The third kappa shape index (κ3) is 2.95. The molecule has 0 spiro atoms. The summed E-state index contributed by atoms with van der Waals surface area (Å²) < 4.78 is 0. The number of anilines is 1. The molecule has 4 rings (SSSR count). The Morgan fingerprint density at radius 1 is 1.08 bits per heavy atom. The second-order valence-corrected chi connectivity index (χ2v) is 6.24. The van der Waals surface area contributed by atoms with Gasteiger partial charge < -0.3 is 10.3 Å². The third-order valence-electron chi connectivity index (χ3n) is 4.51. The van der Waals surface area contributed by atoms with E-state index in [4.69, 9.17) is 0 Å². The van der Waals surface area contributed by atoms with Crippen LogP contribution in [0.3, 0.4) is 0 Å². The minimum atomic E-state index is -0.236. The Bertz CT molecular complexity index is 1100. The molecule has 5 heteroatoms. The number of amides is 1. The molecule has 0 bridgehead atoms. The van der Waals surface area contributed by atoms with Crippen molar-refractivity contribution in [2.75, 3.05) is 5.32 Å². The minimum Gasteiger partial charge on any atom is -0.358 e. The van der Waals surface area contributed by atoms with Crippen LogP contribution in [0, 0.1) is 13.8 Å². The lowest BCUT2D eigenvalue weighted by atomic mass is 10.1. The number of pyridine rings is 2. The van der Waals surface area contributed by atoms with Crippen LogP contribution in [0.4, 0.5) is 5.69 Å². The number of hydrogen-bond donors (Lipinski definition) is 2. The van der Waals surface area contributed by atoms with Gasteiger partial charge in [0.1, 0.15) is 5.69 Å². The molecule has 4 aromatic rings. The van der Waals surface area contributed by atoms with Gasteiger partial charge in [-0.1, -0.05) is 6.07 Å². The zero-order valence-electron chi connectivity index (χ0n) is 14.6. The summed E-state index contributed by atoms with van der Waals surface area (Å²) in [5, 5.41) is 4.04. The van der Waals surface area contributed by atoms with Crippen molar-refractivity contribution in [1.29, 1.82) is 0 Å². The molecule has 0 saturated carbocycles. The lowest BCUT2D eigenvalue weighted by molar-refractivity contribution is 0.102. The van der Waals surface area contributed by atoms with Gasteiger partial charge in [0.2, 0.25) is 0 Å². The Hall–Kier alpha value is -3.47. The van der Waals surface area contributed by atoms with Crippen LogP contribution in [0.15, 0.2) is 60.9 Å². The van der Waals surface area contributed by atoms with Gasteiger partial charge in [0.05, 0.1) is 5.69 Å². The van der Waals surface area contributed by atoms with Crippen LogP contribution in [0.25, 0.3) is 22.2 Å². The zero-order chi connectivity index (χ0) is 18.1. The number of hydrogen-bond acceptors (Lipinski definition) is 3. The van der Waals surface area contributed by atoms with E-state index < -0.39 is 0 Å². The SMILES string of the molecule is Cc1[nH]c2ccc(NC(=O)c3cccc(-c4cccnc4)n3)cc2c1C. The number of nitrogens with one attached hydrogen (secondary N) is 2. The number of rotatable bonds is 3. The highest BCUT2D eigenvalue weighted by Gasteiger charge is 2.11. The minimum absolute atomic E-state index is 0.236. The number of benzene rings is 1. The number of aromatic nitrogens is 3. The quantitative estimate of drug-likeness (QED) is 0.576. The molecule has 3 aromatic heterocycles. The summed E-state index contributed by atoms with van der Waals surface area (Å²) in [6.07, 6.45) is 3.44. The van der Waals surface area contributed by atoms with Crippen molar-refractivity contribution < 1.29 is 4.79 Å². The van der Waals surface area contributed by atoms with E-state index in [1.54, 1.807) is 18.5 Å². The van der Waals surface area contributed by atoms with Crippen molar-refractivity contribution in [3.8, 4) is 11.3 Å². The van der Waals surface area contributed by atoms with Crippen LogP contribution in [0.5, 0.6) is 0 Å². The molecule has 2 N–H and O–H groups in total. The number of aromatic amines is 1. The molecule has 0 unspecified atom stereocenters. The molecule has 128 valence electrons. The monoisotopic (exact) mass is 342 g/mol. The molecule has 26 heavy (non-hydrogen) atoms. The van der Waals surface area contributed by atoms with Crippen LogP contribution in [0.1, 0.15) is 21.7 Å². The van der Waals surface area contributed by atoms with Gasteiger partial charge in [-0.3, -0.25) is 9.78 Å². The fraction of sp³-hybridized carbons (Fsp3) is 0.0952. The van der Waals surface area contributed by atoms with Crippen molar-refractivity contribution in [2.45, 2.75) is 13.8 Å². The summed E-state index contributed by atoms with van der Waals surface area (Å²) in [5.41, 5.74) is 6.10. The van der Waals surface area contributed by atoms with Crippen LogP contribution in [0.2, 0.25) is 0 Å². The normalized spacial score (nSPS) is 10.8. The molecule has 1 amide bonds. The van der Waals surface area contributed by atoms with Crippen LogP contribution in [-0.2, 0) is 0 Å². The number of nitrogens with zero attached hydrogens (tertiary/aromatic N) is 2. The largest absolute Gasteiger partial charge is 0.358 e. The second kappa shape index (κ2) is 6.44. The summed E-state index contributed by atoms with van der Waals surface area (Å²) >= 11 is 0. The van der Waals surface area contributed by atoms with E-state index >= 15 is 0 Å². The zero-order valence-corrected chi connectivity index (χ0v) is 14.6. The van der Waals surface area contributed by atoms with Gasteiger partial charge in [-0.25, -0.2) is 4.98 Å². The first kappa shape index (κ1) is 16.0. The number of carbonyl (C=O) groups is 1. The van der Waals surface area contributed by atoms with E-state index in [2.05, 4.69) is 27.2 Å².